The minimum Gasteiger partial charge on any atom is -0.487 e. The lowest BCUT2D eigenvalue weighted by Crippen LogP contribution is -2.43. The van der Waals surface area contributed by atoms with E-state index in [4.69, 9.17) is 21.2 Å². The minimum atomic E-state index is -5.10. The molecule has 0 saturated heterocycles. The third-order valence-electron chi connectivity index (χ3n) is 6.59. The number of anilines is 2. The molecule has 4 aromatic rings. The van der Waals surface area contributed by atoms with Gasteiger partial charge < -0.3 is 19.8 Å². The first-order chi connectivity index (χ1) is 22.3. The molecule has 1 amide bonds. The smallest absolute Gasteiger partial charge is 0.471 e. The van der Waals surface area contributed by atoms with Crippen LogP contribution in [0.3, 0.4) is 0 Å². The molecule has 1 N–H and O–H groups in total. The highest BCUT2D eigenvalue weighted by atomic mass is 35.5. The van der Waals surface area contributed by atoms with Gasteiger partial charge in [0.15, 0.2) is 0 Å². The maximum atomic E-state index is 13.4. The van der Waals surface area contributed by atoms with E-state index in [1.807, 2.05) is 0 Å². The van der Waals surface area contributed by atoms with Gasteiger partial charge in [-0.25, -0.2) is 22.8 Å². The number of aromatic nitrogens is 2. The summed E-state index contributed by atoms with van der Waals surface area (Å²) in [6, 6.07) is 16.5. The summed E-state index contributed by atoms with van der Waals surface area (Å²) in [5, 5.41) is 8.12. The highest BCUT2D eigenvalue weighted by Crippen LogP contribution is 2.31. The molecule has 0 bridgehead atoms. The van der Waals surface area contributed by atoms with Crippen molar-refractivity contribution < 1.29 is 40.3 Å². The largest absolute Gasteiger partial charge is 0.487 e. The summed E-state index contributed by atoms with van der Waals surface area (Å²) in [6.45, 7) is -0.632. The average molecular weight is 696 g/mol. The number of alkyl halides is 3. The Balaban J connectivity index is 1.31. The van der Waals surface area contributed by atoms with Crippen molar-refractivity contribution in [2.24, 2.45) is 5.16 Å². The van der Waals surface area contributed by atoms with Crippen LogP contribution in [0.1, 0.15) is 24.0 Å². The fraction of sp³-hybridized carbons (Fsp3) is 0.290. The topological polar surface area (TPSA) is 123 Å². The van der Waals surface area contributed by atoms with Crippen LogP contribution in [-0.4, -0.2) is 73.3 Å². The molecule has 1 heterocycles. The van der Waals surface area contributed by atoms with Crippen LogP contribution >= 0.6 is 11.6 Å². The first kappa shape index (κ1) is 35.4. The summed E-state index contributed by atoms with van der Waals surface area (Å²) < 4.78 is 80.5. The van der Waals surface area contributed by atoms with Gasteiger partial charge in [-0.1, -0.05) is 35.0 Å². The Morgan fingerprint density at radius 1 is 1.06 bits per heavy atom. The van der Waals surface area contributed by atoms with Crippen molar-refractivity contribution in [3.63, 3.8) is 0 Å². The van der Waals surface area contributed by atoms with Gasteiger partial charge in [0.05, 0.1) is 22.5 Å². The molecule has 47 heavy (non-hydrogen) atoms. The summed E-state index contributed by atoms with van der Waals surface area (Å²) in [5.41, 5.74) is 2.59. The van der Waals surface area contributed by atoms with Crippen LogP contribution < -0.4 is 10.1 Å². The maximum absolute atomic E-state index is 13.4. The SMILES string of the molecule is CS(=O)(=O)CCN(CCCCON=Cc1ccc2ncnc(Nc3ccc(OCc4cccc(F)c4)c(Cl)c3)c2c1)C(=O)C(F)(F)F. The molecule has 10 nitrogen and oxygen atoms in total. The van der Waals surface area contributed by atoms with E-state index in [9.17, 15) is 30.8 Å². The third-order valence-corrected chi connectivity index (χ3v) is 7.81. The van der Waals surface area contributed by atoms with Crippen LogP contribution in [0.4, 0.5) is 29.1 Å². The van der Waals surface area contributed by atoms with Gasteiger partial charge in [0, 0.05) is 30.4 Å². The summed E-state index contributed by atoms with van der Waals surface area (Å²) in [5.74, 6) is -2.10. The zero-order valence-electron chi connectivity index (χ0n) is 25.0. The van der Waals surface area contributed by atoms with Crippen LogP contribution in [0.15, 0.2) is 72.1 Å². The highest BCUT2D eigenvalue weighted by Gasteiger charge is 2.42. The first-order valence-electron chi connectivity index (χ1n) is 14.2. The lowest BCUT2D eigenvalue weighted by Gasteiger charge is -2.23. The number of ether oxygens (including phenoxy) is 1. The van der Waals surface area contributed by atoms with Gasteiger partial charge in [0.25, 0.3) is 0 Å². The van der Waals surface area contributed by atoms with Gasteiger partial charge in [-0.2, -0.15) is 13.2 Å². The maximum Gasteiger partial charge on any atom is 0.471 e. The highest BCUT2D eigenvalue weighted by molar-refractivity contribution is 7.90. The molecule has 4 rings (SSSR count). The molecule has 1 aromatic heterocycles. The Bertz CT molecular complexity index is 1840. The molecule has 0 radical (unpaired) electrons. The van der Waals surface area contributed by atoms with Crippen molar-refractivity contribution in [3.8, 4) is 5.75 Å². The molecule has 3 aromatic carbocycles. The zero-order chi connectivity index (χ0) is 34.0. The lowest BCUT2D eigenvalue weighted by molar-refractivity contribution is -0.185. The van der Waals surface area contributed by atoms with Gasteiger partial charge in [-0.3, -0.25) is 4.79 Å². The number of oxime groups is 1. The number of carbonyl (C=O) groups excluding carboxylic acids is 1. The van der Waals surface area contributed by atoms with E-state index in [1.54, 1.807) is 48.5 Å². The number of sulfone groups is 1. The number of fused-ring (bicyclic) bond motifs is 1. The quantitative estimate of drug-likeness (QED) is 0.0665. The van der Waals surface area contributed by atoms with Gasteiger partial charge in [0.1, 0.15) is 46.8 Å². The number of benzene rings is 3. The second-order valence-electron chi connectivity index (χ2n) is 10.4. The predicted octanol–water partition coefficient (Wildman–Crippen LogP) is 6.31. The van der Waals surface area contributed by atoms with E-state index in [2.05, 4.69) is 20.4 Å². The standard InChI is InChI=1S/C31H30ClF4N5O5S/c1-47(43,44)14-12-41(30(42)31(34,35)36)11-2-3-13-46-39-18-21-7-9-27-25(16-21)29(38-20-37-27)40-24-8-10-28(26(32)17-24)45-19-22-5-4-6-23(33)15-22/h4-10,15-18,20H,2-3,11-14,19H2,1H3,(H,37,38,40). The molecular formula is C31H30ClF4N5O5S. The van der Waals surface area contributed by atoms with Crippen molar-refractivity contribution in [3.05, 3.63) is 89.0 Å². The number of nitrogens with zero attached hydrogens (tertiary/aromatic N) is 4. The van der Waals surface area contributed by atoms with Crippen LogP contribution in [-0.2, 0) is 26.1 Å². The van der Waals surface area contributed by atoms with Crippen molar-refractivity contribution in [2.45, 2.75) is 25.6 Å². The van der Waals surface area contributed by atoms with Crippen LogP contribution in [0.25, 0.3) is 10.9 Å². The molecule has 0 atom stereocenters. The van der Waals surface area contributed by atoms with Crippen LogP contribution in [0, 0.1) is 5.82 Å². The number of hydrogen-bond donors (Lipinski definition) is 1. The van der Waals surface area contributed by atoms with E-state index in [0.717, 1.165) is 6.26 Å². The first-order valence-corrected chi connectivity index (χ1v) is 16.6. The fourth-order valence-corrected chi connectivity index (χ4v) is 5.05. The summed E-state index contributed by atoms with van der Waals surface area (Å²) >= 11 is 6.43. The van der Waals surface area contributed by atoms with Crippen LogP contribution in [0.2, 0.25) is 5.02 Å². The molecule has 0 aliphatic rings. The number of hydrogen-bond acceptors (Lipinski definition) is 9. The predicted molar refractivity (Wildman–Crippen MR) is 170 cm³/mol. The number of unbranched alkanes of at least 4 members (excludes halogenated alkanes) is 1. The number of amides is 1. The molecule has 0 saturated carbocycles. The Morgan fingerprint density at radius 3 is 2.60 bits per heavy atom. The molecule has 16 heteroatoms. The monoisotopic (exact) mass is 695 g/mol. The Morgan fingerprint density at radius 2 is 1.87 bits per heavy atom. The molecule has 0 aliphatic carbocycles. The van der Waals surface area contributed by atoms with Gasteiger partial charge in [0.2, 0.25) is 0 Å². The molecule has 0 fully saturated rings. The number of halogens is 5. The average Bonchev–Trinajstić information content (AvgIpc) is 3.00. The minimum absolute atomic E-state index is 0.0584. The van der Waals surface area contributed by atoms with Crippen LogP contribution in [0.5, 0.6) is 5.75 Å². The second kappa shape index (κ2) is 15.9. The molecular weight excluding hydrogens is 666 g/mol. The summed E-state index contributed by atoms with van der Waals surface area (Å²) in [7, 11) is -3.55. The van der Waals surface area contributed by atoms with Crippen molar-refractivity contribution >= 4 is 56.0 Å². The summed E-state index contributed by atoms with van der Waals surface area (Å²) in [6.07, 6.45) is -0.937. The Kier molecular flexibility index (Phi) is 11.9. The van der Waals surface area contributed by atoms with Crippen molar-refractivity contribution in [1.82, 2.24) is 14.9 Å². The van der Waals surface area contributed by atoms with Gasteiger partial charge in [-0.05, 0) is 66.4 Å². The van der Waals surface area contributed by atoms with E-state index >= 15 is 0 Å². The van der Waals surface area contributed by atoms with E-state index in [0.29, 0.717) is 49.2 Å². The second-order valence-corrected chi connectivity index (χ2v) is 13.0. The zero-order valence-corrected chi connectivity index (χ0v) is 26.6. The van der Waals surface area contributed by atoms with E-state index < -0.39 is 34.2 Å². The van der Waals surface area contributed by atoms with E-state index in [-0.39, 0.29) is 38.4 Å². The van der Waals surface area contributed by atoms with Crippen molar-refractivity contribution in [1.29, 1.82) is 0 Å². The number of nitrogens with one attached hydrogen (secondary N) is 1. The van der Waals surface area contributed by atoms with Gasteiger partial charge in [-0.15, -0.1) is 0 Å². The lowest BCUT2D eigenvalue weighted by atomic mass is 10.1. The molecule has 0 aliphatic heterocycles. The molecule has 250 valence electrons. The summed E-state index contributed by atoms with van der Waals surface area (Å²) in [4.78, 5) is 26.0. The number of rotatable bonds is 15. The normalized spacial score (nSPS) is 12.0. The molecule has 0 unspecified atom stereocenters. The Labute approximate surface area is 273 Å². The molecule has 0 spiro atoms. The van der Waals surface area contributed by atoms with Gasteiger partial charge >= 0.3 is 12.1 Å². The third kappa shape index (κ3) is 11.1. The fourth-order valence-electron chi connectivity index (χ4n) is 4.26. The van der Waals surface area contributed by atoms with Crippen molar-refractivity contribution in [2.75, 3.05) is 37.0 Å². The number of carbonyl (C=O) groups is 1. The Hall–Kier alpha value is -4.50. The van der Waals surface area contributed by atoms with E-state index in [1.165, 1.54) is 24.7 Å².